The monoisotopic (exact) mass is 376 g/mol. The molecule has 4 rings (SSSR count). The van der Waals surface area contributed by atoms with Crippen LogP contribution in [0, 0.1) is 12.8 Å². The fourth-order valence-corrected chi connectivity index (χ4v) is 5.74. The number of anilines is 1. The fraction of sp³-hybridized carbons (Fsp3) is 0.333. The topological polar surface area (TPSA) is 42.0 Å². The number of hydrogen-bond acceptors (Lipinski definition) is 4. The van der Waals surface area contributed by atoms with Crippen molar-refractivity contribution in [3.8, 4) is 0 Å². The van der Waals surface area contributed by atoms with Crippen LogP contribution in [0.4, 0.5) is 5.13 Å². The highest BCUT2D eigenvalue weighted by atomic mass is 35.5. The summed E-state index contributed by atoms with van der Waals surface area (Å²) in [5.74, 6) is 0.528. The lowest BCUT2D eigenvalue weighted by atomic mass is 9.93. The Morgan fingerprint density at radius 2 is 2.21 bits per heavy atom. The van der Waals surface area contributed by atoms with Crippen LogP contribution in [0.3, 0.4) is 0 Å². The fourth-order valence-electron chi connectivity index (χ4n) is 3.07. The molecule has 1 aliphatic rings. The Hall–Kier alpha value is -1.43. The molecule has 0 fully saturated rings. The first kappa shape index (κ1) is 16.1. The molecule has 0 spiro atoms. The molecule has 2 aromatic heterocycles. The summed E-state index contributed by atoms with van der Waals surface area (Å²) in [7, 11) is 0. The first-order chi connectivity index (χ1) is 11.5. The SMILES string of the molecule is Cc1ccc2c(Cl)c(C(=O)Nc3nc4c(s3)C[C@H](C)CC4)sc2c1. The van der Waals surface area contributed by atoms with Gasteiger partial charge < -0.3 is 0 Å². The summed E-state index contributed by atoms with van der Waals surface area (Å²) in [6.07, 6.45) is 3.24. The lowest BCUT2D eigenvalue weighted by Gasteiger charge is -2.15. The maximum atomic E-state index is 12.6. The highest BCUT2D eigenvalue weighted by Crippen LogP contribution is 2.37. The van der Waals surface area contributed by atoms with Crippen molar-refractivity contribution in [2.75, 3.05) is 5.32 Å². The van der Waals surface area contributed by atoms with E-state index < -0.39 is 0 Å². The van der Waals surface area contributed by atoms with Crippen LogP contribution in [0.15, 0.2) is 18.2 Å². The normalized spacial score (nSPS) is 17.0. The lowest BCUT2D eigenvalue weighted by molar-refractivity contribution is 0.103. The minimum atomic E-state index is -0.169. The van der Waals surface area contributed by atoms with Crippen molar-refractivity contribution in [1.82, 2.24) is 4.98 Å². The Labute approximate surface area is 153 Å². The molecule has 0 saturated heterocycles. The van der Waals surface area contributed by atoms with Gasteiger partial charge in [0.15, 0.2) is 5.13 Å². The number of halogens is 1. The molecular formula is C18H17ClN2OS2. The Morgan fingerprint density at radius 1 is 1.38 bits per heavy atom. The molecule has 0 radical (unpaired) electrons. The summed E-state index contributed by atoms with van der Waals surface area (Å²) >= 11 is 9.45. The zero-order valence-electron chi connectivity index (χ0n) is 13.5. The van der Waals surface area contributed by atoms with Crippen LogP contribution in [0.5, 0.6) is 0 Å². The van der Waals surface area contributed by atoms with Gasteiger partial charge >= 0.3 is 0 Å². The maximum Gasteiger partial charge on any atom is 0.269 e. The number of thiazole rings is 1. The number of aromatic nitrogens is 1. The third-order valence-electron chi connectivity index (χ3n) is 4.40. The van der Waals surface area contributed by atoms with Crippen LogP contribution in [0.1, 0.15) is 39.2 Å². The molecule has 1 atom stereocenters. The molecule has 1 N–H and O–H groups in total. The summed E-state index contributed by atoms with van der Waals surface area (Å²) in [5, 5.41) is 5.09. The van der Waals surface area contributed by atoms with Crippen LogP contribution < -0.4 is 5.32 Å². The van der Waals surface area contributed by atoms with Gasteiger partial charge in [0.25, 0.3) is 5.91 Å². The van der Waals surface area contributed by atoms with E-state index in [2.05, 4.69) is 23.3 Å². The van der Waals surface area contributed by atoms with Crippen molar-refractivity contribution in [3.05, 3.63) is 44.2 Å². The van der Waals surface area contributed by atoms with E-state index in [0.29, 0.717) is 20.9 Å². The standard InChI is InChI=1S/C18H17ClN2OS2/c1-9-3-5-11-13(7-9)23-16(15(11)19)17(22)21-18-20-12-6-4-10(2)8-14(12)24-18/h3,5,7,10H,4,6,8H2,1-2H3,(H,20,21,22)/t10-/m1/s1. The molecule has 6 heteroatoms. The number of nitrogens with one attached hydrogen (secondary N) is 1. The molecule has 0 aliphatic heterocycles. The molecule has 1 aliphatic carbocycles. The van der Waals surface area contributed by atoms with Crippen LogP contribution in [0.25, 0.3) is 10.1 Å². The van der Waals surface area contributed by atoms with Gasteiger partial charge in [-0.2, -0.15) is 0 Å². The Kier molecular flexibility index (Phi) is 4.11. The minimum Gasteiger partial charge on any atom is -0.297 e. The number of rotatable bonds is 2. The van der Waals surface area contributed by atoms with Crippen molar-refractivity contribution in [2.24, 2.45) is 5.92 Å². The Balaban J connectivity index is 1.62. The molecule has 2 heterocycles. The first-order valence-corrected chi connectivity index (χ1v) is 10.0. The second-order valence-corrected chi connectivity index (χ2v) is 8.95. The van der Waals surface area contributed by atoms with E-state index >= 15 is 0 Å². The summed E-state index contributed by atoms with van der Waals surface area (Å²) in [4.78, 5) is 19.1. The van der Waals surface area contributed by atoms with Gasteiger partial charge in [0, 0.05) is 15.0 Å². The van der Waals surface area contributed by atoms with Crippen molar-refractivity contribution in [1.29, 1.82) is 0 Å². The summed E-state index contributed by atoms with van der Waals surface area (Å²) in [6.45, 7) is 4.30. The quantitative estimate of drug-likeness (QED) is 0.623. The molecule has 3 aromatic rings. The van der Waals surface area contributed by atoms with Gasteiger partial charge in [-0.05, 0) is 43.7 Å². The van der Waals surface area contributed by atoms with Gasteiger partial charge in [0.1, 0.15) is 4.88 Å². The molecule has 124 valence electrons. The number of aryl methyl sites for hydroxylation is 2. The predicted octanol–water partition coefficient (Wildman–Crippen LogP) is 5.70. The molecule has 24 heavy (non-hydrogen) atoms. The van der Waals surface area contributed by atoms with E-state index in [0.717, 1.165) is 34.2 Å². The Morgan fingerprint density at radius 3 is 3.04 bits per heavy atom. The molecule has 1 amide bonds. The third kappa shape index (κ3) is 2.85. The average molecular weight is 377 g/mol. The van der Waals surface area contributed by atoms with Gasteiger partial charge in [-0.15, -0.1) is 22.7 Å². The summed E-state index contributed by atoms with van der Waals surface area (Å²) in [5.41, 5.74) is 2.31. The van der Waals surface area contributed by atoms with Gasteiger partial charge in [0.05, 0.1) is 10.7 Å². The number of fused-ring (bicyclic) bond motifs is 2. The van der Waals surface area contributed by atoms with Gasteiger partial charge in [-0.25, -0.2) is 4.98 Å². The molecule has 0 unspecified atom stereocenters. The Bertz CT molecular complexity index is 944. The smallest absolute Gasteiger partial charge is 0.269 e. The first-order valence-electron chi connectivity index (χ1n) is 8.00. The highest BCUT2D eigenvalue weighted by molar-refractivity contribution is 7.22. The number of hydrogen-bond donors (Lipinski definition) is 1. The van der Waals surface area contributed by atoms with E-state index in [1.54, 1.807) is 11.3 Å². The zero-order chi connectivity index (χ0) is 16.8. The largest absolute Gasteiger partial charge is 0.297 e. The maximum absolute atomic E-state index is 12.6. The molecule has 0 saturated carbocycles. The van der Waals surface area contributed by atoms with E-state index in [9.17, 15) is 4.79 Å². The van der Waals surface area contributed by atoms with Crippen molar-refractivity contribution in [3.63, 3.8) is 0 Å². The predicted molar refractivity (Wildman–Crippen MR) is 103 cm³/mol. The van der Waals surface area contributed by atoms with E-state index in [1.165, 1.54) is 22.6 Å². The minimum absolute atomic E-state index is 0.169. The molecule has 0 bridgehead atoms. The van der Waals surface area contributed by atoms with E-state index in [-0.39, 0.29) is 5.91 Å². The van der Waals surface area contributed by atoms with Gasteiger partial charge in [-0.3, -0.25) is 10.1 Å². The van der Waals surface area contributed by atoms with Crippen LogP contribution in [0.2, 0.25) is 5.02 Å². The van der Waals surface area contributed by atoms with E-state index in [4.69, 9.17) is 11.6 Å². The molecular weight excluding hydrogens is 360 g/mol. The lowest BCUT2D eigenvalue weighted by Crippen LogP contribution is -2.11. The average Bonchev–Trinajstić information content (AvgIpc) is 3.07. The van der Waals surface area contributed by atoms with Crippen molar-refractivity contribution < 1.29 is 4.79 Å². The molecule has 3 nitrogen and oxygen atoms in total. The highest BCUT2D eigenvalue weighted by Gasteiger charge is 2.22. The molecule has 1 aromatic carbocycles. The number of amides is 1. The van der Waals surface area contributed by atoms with Gasteiger partial charge in [-0.1, -0.05) is 30.7 Å². The van der Waals surface area contributed by atoms with E-state index in [1.807, 2.05) is 19.1 Å². The second kappa shape index (κ2) is 6.14. The summed E-state index contributed by atoms with van der Waals surface area (Å²) < 4.78 is 1.04. The number of carbonyl (C=O) groups excluding carboxylic acids is 1. The number of nitrogens with zero attached hydrogens (tertiary/aromatic N) is 1. The number of benzene rings is 1. The van der Waals surface area contributed by atoms with Gasteiger partial charge in [0.2, 0.25) is 0 Å². The van der Waals surface area contributed by atoms with Crippen LogP contribution in [-0.2, 0) is 12.8 Å². The number of carbonyl (C=O) groups is 1. The second-order valence-electron chi connectivity index (χ2n) is 6.44. The third-order valence-corrected chi connectivity index (χ3v) is 7.09. The van der Waals surface area contributed by atoms with Crippen molar-refractivity contribution in [2.45, 2.75) is 33.1 Å². The van der Waals surface area contributed by atoms with Crippen LogP contribution >= 0.6 is 34.3 Å². The summed E-state index contributed by atoms with van der Waals surface area (Å²) in [6, 6.07) is 6.05. The zero-order valence-corrected chi connectivity index (χ0v) is 15.9. The van der Waals surface area contributed by atoms with Crippen molar-refractivity contribution >= 4 is 55.4 Å². The van der Waals surface area contributed by atoms with Crippen LogP contribution in [-0.4, -0.2) is 10.9 Å². The number of thiophene rings is 1.